The molecule has 0 bridgehead atoms. The van der Waals surface area contributed by atoms with Crippen molar-refractivity contribution in [2.45, 2.75) is 51.0 Å². The first-order valence-electron chi connectivity index (χ1n) is 5.22. The predicted molar refractivity (Wildman–Crippen MR) is 53.3 cm³/mol. The lowest BCUT2D eigenvalue weighted by Crippen LogP contribution is -2.45. The fourth-order valence-electron chi connectivity index (χ4n) is 2.01. The van der Waals surface area contributed by atoms with Crippen molar-refractivity contribution in [1.29, 1.82) is 0 Å². The Hall–Kier alpha value is -0.570. The quantitative estimate of drug-likeness (QED) is 0.692. The monoisotopic (exact) mass is 184 g/mol. The van der Waals surface area contributed by atoms with E-state index in [9.17, 15) is 4.79 Å². The van der Waals surface area contributed by atoms with Crippen molar-refractivity contribution in [3.8, 4) is 0 Å². The van der Waals surface area contributed by atoms with Gasteiger partial charge in [0.05, 0.1) is 0 Å². The van der Waals surface area contributed by atoms with Crippen LogP contribution in [-0.2, 0) is 4.79 Å². The number of nitrogens with two attached hydrogens (primary N) is 1. The van der Waals surface area contributed by atoms with Gasteiger partial charge in [-0.1, -0.05) is 19.3 Å². The molecule has 1 fully saturated rings. The maximum Gasteiger partial charge on any atom is 0.221 e. The van der Waals surface area contributed by atoms with E-state index in [4.69, 9.17) is 5.73 Å². The van der Waals surface area contributed by atoms with Gasteiger partial charge in [0.2, 0.25) is 5.91 Å². The number of rotatable bonds is 3. The van der Waals surface area contributed by atoms with Gasteiger partial charge in [-0.2, -0.15) is 0 Å². The molecule has 0 heterocycles. The van der Waals surface area contributed by atoms with Crippen LogP contribution in [0.25, 0.3) is 0 Å². The Bertz CT molecular complexity index is 174. The van der Waals surface area contributed by atoms with Gasteiger partial charge >= 0.3 is 0 Å². The highest BCUT2D eigenvalue weighted by Gasteiger charge is 2.29. The Labute approximate surface area is 80.1 Å². The zero-order valence-corrected chi connectivity index (χ0v) is 8.44. The zero-order chi connectivity index (χ0) is 9.73. The molecular formula is C10H20N2O. The van der Waals surface area contributed by atoms with E-state index in [1.807, 2.05) is 6.92 Å². The number of carbonyl (C=O) groups excluding carboxylic acids is 1. The first-order chi connectivity index (χ1) is 6.16. The van der Waals surface area contributed by atoms with E-state index in [0.29, 0.717) is 13.0 Å². The van der Waals surface area contributed by atoms with Gasteiger partial charge in [-0.05, 0) is 19.8 Å². The molecule has 1 aliphatic rings. The van der Waals surface area contributed by atoms with Crippen LogP contribution in [0.15, 0.2) is 0 Å². The molecule has 3 N–H and O–H groups in total. The largest absolute Gasteiger partial charge is 0.356 e. The Morgan fingerprint density at radius 3 is 2.54 bits per heavy atom. The minimum Gasteiger partial charge on any atom is -0.356 e. The molecule has 0 atom stereocenters. The van der Waals surface area contributed by atoms with Gasteiger partial charge in [0.15, 0.2) is 0 Å². The Morgan fingerprint density at radius 2 is 2.00 bits per heavy atom. The molecule has 1 aliphatic carbocycles. The summed E-state index contributed by atoms with van der Waals surface area (Å²) in [6.45, 7) is 2.64. The lowest BCUT2D eigenvalue weighted by atomic mass is 9.80. The second kappa shape index (κ2) is 4.61. The first-order valence-corrected chi connectivity index (χ1v) is 5.22. The number of nitrogens with one attached hydrogen (secondary N) is 1. The van der Waals surface area contributed by atoms with Crippen LogP contribution in [-0.4, -0.2) is 18.0 Å². The molecule has 1 amide bonds. The van der Waals surface area contributed by atoms with Crippen LogP contribution < -0.4 is 11.1 Å². The molecule has 1 rings (SSSR count). The molecule has 0 saturated heterocycles. The molecule has 13 heavy (non-hydrogen) atoms. The molecule has 0 aromatic rings. The van der Waals surface area contributed by atoms with E-state index in [1.54, 1.807) is 0 Å². The average molecular weight is 184 g/mol. The van der Waals surface area contributed by atoms with Crippen molar-refractivity contribution in [3.63, 3.8) is 0 Å². The van der Waals surface area contributed by atoms with Crippen molar-refractivity contribution in [2.24, 2.45) is 5.73 Å². The number of amides is 1. The normalized spacial score (nSPS) is 21.1. The highest BCUT2D eigenvalue weighted by Crippen LogP contribution is 2.28. The summed E-state index contributed by atoms with van der Waals surface area (Å²) < 4.78 is 0. The number of hydrogen-bond donors (Lipinski definition) is 2. The number of carbonyl (C=O) groups is 1. The van der Waals surface area contributed by atoms with Crippen LogP contribution in [0.1, 0.15) is 45.4 Å². The summed E-state index contributed by atoms with van der Waals surface area (Å²) in [6.07, 6.45) is 6.13. The maximum absolute atomic E-state index is 11.3. The van der Waals surface area contributed by atoms with Gasteiger partial charge in [-0.25, -0.2) is 0 Å². The maximum atomic E-state index is 11.3. The van der Waals surface area contributed by atoms with Gasteiger partial charge < -0.3 is 11.1 Å². The third-order valence-electron chi connectivity index (χ3n) is 2.74. The lowest BCUT2D eigenvalue weighted by Gasteiger charge is -2.32. The standard InChI is InChI=1S/C10H20N2O/c1-2-12-9(13)8-10(11)6-4-3-5-7-10/h2-8,11H2,1H3,(H,12,13). The Kier molecular flexibility index (Phi) is 3.72. The van der Waals surface area contributed by atoms with Crippen LogP contribution >= 0.6 is 0 Å². The lowest BCUT2D eigenvalue weighted by molar-refractivity contribution is -0.122. The Morgan fingerprint density at radius 1 is 1.38 bits per heavy atom. The molecule has 76 valence electrons. The van der Waals surface area contributed by atoms with Crippen molar-refractivity contribution in [2.75, 3.05) is 6.54 Å². The molecule has 0 aliphatic heterocycles. The van der Waals surface area contributed by atoms with Crippen molar-refractivity contribution in [3.05, 3.63) is 0 Å². The van der Waals surface area contributed by atoms with Crippen LogP contribution in [0.5, 0.6) is 0 Å². The molecule has 0 spiro atoms. The van der Waals surface area contributed by atoms with Gasteiger partial charge in [0.25, 0.3) is 0 Å². The summed E-state index contributed by atoms with van der Waals surface area (Å²) in [7, 11) is 0. The summed E-state index contributed by atoms with van der Waals surface area (Å²) >= 11 is 0. The predicted octanol–water partition coefficient (Wildman–Crippen LogP) is 1.17. The van der Waals surface area contributed by atoms with Crippen LogP contribution in [0, 0.1) is 0 Å². The summed E-state index contributed by atoms with van der Waals surface area (Å²) in [5, 5.41) is 2.80. The third kappa shape index (κ3) is 3.35. The third-order valence-corrected chi connectivity index (χ3v) is 2.74. The second-order valence-corrected chi connectivity index (χ2v) is 4.05. The van der Waals surface area contributed by atoms with Gasteiger partial charge in [0.1, 0.15) is 0 Å². The molecule has 3 nitrogen and oxygen atoms in total. The van der Waals surface area contributed by atoms with E-state index in [0.717, 1.165) is 12.8 Å². The number of hydrogen-bond acceptors (Lipinski definition) is 2. The molecule has 3 heteroatoms. The smallest absolute Gasteiger partial charge is 0.221 e. The Balaban J connectivity index is 2.36. The molecule has 0 radical (unpaired) electrons. The van der Waals surface area contributed by atoms with Crippen LogP contribution in [0.4, 0.5) is 0 Å². The zero-order valence-electron chi connectivity index (χ0n) is 8.44. The molecule has 0 aromatic heterocycles. The van der Waals surface area contributed by atoms with Crippen LogP contribution in [0.3, 0.4) is 0 Å². The molecule has 0 aromatic carbocycles. The van der Waals surface area contributed by atoms with E-state index in [1.165, 1.54) is 19.3 Å². The van der Waals surface area contributed by atoms with Crippen molar-refractivity contribution < 1.29 is 4.79 Å². The molecular weight excluding hydrogens is 164 g/mol. The fraction of sp³-hybridized carbons (Fsp3) is 0.900. The van der Waals surface area contributed by atoms with Gasteiger partial charge in [0, 0.05) is 18.5 Å². The fourth-order valence-corrected chi connectivity index (χ4v) is 2.01. The van der Waals surface area contributed by atoms with Crippen molar-refractivity contribution >= 4 is 5.91 Å². The summed E-state index contributed by atoms with van der Waals surface area (Å²) in [4.78, 5) is 11.3. The average Bonchev–Trinajstić information content (AvgIpc) is 2.04. The van der Waals surface area contributed by atoms with Gasteiger partial charge in [-0.15, -0.1) is 0 Å². The first kappa shape index (κ1) is 10.5. The highest BCUT2D eigenvalue weighted by molar-refractivity contribution is 5.77. The second-order valence-electron chi connectivity index (χ2n) is 4.05. The van der Waals surface area contributed by atoms with Crippen molar-refractivity contribution in [1.82, 2.24) is 5.32 Å². The minimum absolute atomic E-state index is 0.104. The molecule has 1 saturated carbocycles. The molecule has 0 unspecified atom stereocenters. The summed E-state index contributed by atoms with van der Waals surface area (Å²) in [5.41, 5.74) is 5.92. The van der Waals surface area contributed by atoms with Crippen LogP contribution in [0.2, 0.25) is 0 Å². The topological polar surface area (TPSA) is 55.1 Å². The summed E-state index contributed by atoms with van der Waals surface area (Å²) in [6, 6.07) is 0. The minimum atomic E-state index is -0.211. The van der Waals surface area contributed by atoms with E-state index in [2.05, 4.69) is 5.32 Å². The highest BCUT2D eigenvalue weighted by atomic mass is 16.1. The van der Waals surface area contributed by atoms with E-state index >= 15 is 0 Å². The van der Waals surface area contributed by atoms with E-state index in [-0.39, 0.29) is 11.4 Å². The van der Waals surface area contributed by atoms with E-state index < -0.39 is 0 Å². The van der Waals surface area contributed by atoms with Gasteiger partial charge in [-0.3, -0.25) is 4.79 Å². The summed E-state index contributed by atoms with van der Waals surface area (Å²) in [5.74, 6) is 0.104. The SMILES string of the molecule is CCNC(=O)CC1(N)CCCCC1.